The van der Waals surface area contributed by atoms with Crippen LogP contribution >= 0.6 is 11.3 Å². The van der Waals surface area contributed by atoms with Gasteiger partial charge >= 0.3 is 6.18 Å². The van der Waals surface area contributed by atoms with Crippen molar-refractivity contribution in [3.05, 3.63) is 45.9 Å². The van der Waals surface area contributed by atoms with Gasteiger partial charge in [-0.05, 0) is 17.7 Å². The van der Waals surface area contributed by atoms with Crippen molar-refractivity contribution in [2.75, 3.05) is 20.7 Å². The molecule has 136 valence electrons. The molecular weight excluding hydrogens is 353 g/mol. The Hall–Kier alpha value is -2.29. The Morgan fingerprint density at radius 2 is 1.96 bits per heavy atom. The molecule has 9 heteroatoms. The van der Waals surface area contributed by atoms with Gasteiger partial charge in [0.05, 0.1) is 12.1 Å². The monoisotopic (exact) mass is 372 g/mol. The molecule has 0 saturated carbocycles. The maximum absolute atomic E-state index is 12.5. The number of hydrogen-bond donors (Lipinski definition) is 2. The molecule has 0 unspecified atom stereocenters. The van der Waals surface area contributed by atoms with Crippen LogP contribution in [0.1, 0.15) is 16.3 Å². The van der Waals surface area contributed by atoms with Crippen LogP contribution < -0.4 is 15.4 Å². The van der Waals surface area contributed by atoms with E-state index >= 15 is 0 Å². The van der Waals surface area contributed by atoms with Gasteiger partial charge in [-0.1, -0.05) is 12.1 Å². The van der Waals surface area contributed by atoms with Crippen molar-refractivity contribution in [1.82, 2.24) is 15.6 Å². The Morgan fingerprint density at radius 1 is 1.24 bits per heavy atom. The zero-order chi connectivity index (χ0) is 18.3. The number of thiazole rings is 1. The van der Waals surface area contributed by atoms with Gasteiger partial charge in [-0.25, -0.2) is 4.98 Å². The topological polar surface area (TPSA) is 58.5 Å². The average Bonchev–Trinajstić information content (AvgIpc) is 3.07. The molecule has 0 aliphatic heterocycles. The second-order valence-corrected chi connectivity index (χ2v) is 6.02. The number of alkyl halides is 3. The van der Waals surface area contributed by atoms with Crippen molar-refractivity contribution in [2.24, 2.45) is 4.99 Å². The van der Waals surface area contributed by atoms with Crippen LogP contribution in [0.2, 0.25) is 0 Å². The lowest BCUT2D eigenvalue weighted by Gasteiger charge is -2.11. The van der Waals surface area contributed by atoms with E-state index in [1.807, 2.05) is 24.3 Å². The minimum atomic E-state index is -4.39. The van der Waals surface area contributed by atoms with Crippen molar-refractivity contribution in [3.8, 4) is 5.75 Å². The van der Waals surface area contributed by atoms with Crippen LogP contribution in [0.15, 0.2) is 34.6 Å². The van der Waals surface area contributed by atoms with Crippen LogP contribution in [0.25, 0.3) is 0 Å². The number of ether oxygens (including phenoxy) is 1. The van der Waals surface area contributed by atoms with Crippen LogP contribution in [0.3, 0.4) is 0 Å². The van der Waals surface area contributed by atoms with E-state index in [4.69, 9.17) is 4.74 Å². The third-order valence-corrected chi connectivity index (χ3v) is 4.22. The van der Waals surface area contributed by atoms with Crippen molar-refractivity contribution in [3.63, 3.8) is 0 Å². The van der Waals surface area contributed by atoms with Gasteiger partial charge in [0.25, 0.3) is 0 Å². The molecule has 0 aliphatic carbocycles. The fourth-order valence-corrected chi connectivity index (χ4v) is 2.80. The second-order valence-electron chi connectivity index (χ2n) is 5.07. The Bertz CT molecular complexity index is 698. The van der Waals surface area contributed by atoms with Crippen LogP contribution in [0, 0.1) is 0 Å². The van der Waals surface area contributed by atoms with Crippen LogP contribution in [0.5, 0.6) is 5.75 Å². The van der Waals surface area contributed by atoms with E-state index in [1.165, 1.54) is 0 Å². The summed E-state index contributed by atoms with van der Waals surface area (Å²) >= 11 is 1.01. The first kappa shape index (κ1) is 19.0. The highest BCUT2D eigenvalue weighted by Crippen LogP contribution is 2.29. The minimum absolute atomic E-state index is 0.393. The lowest BCUT2D eigenvalue weighted by molar-refractivity contribution is -0.140. The highest BCUT2D eigenvalue weighted by atomic mass is 32.1. The Balaban J connectivity index is 1.77. The number of aliphatic imine (C=N–C) groups is 1. The van der Waals surface area contributed by atoms with Gasteiger partial charge in [0, 0.05) is 31.9 Å². The van der Waals surface area contributed by atoms with E-state index < -0.39 is 11.9 Å². The van der Waals surface area contributed by atoms with Gasteiger partial charge in [0.15, 0.2) is 11.7 Å². The summed E-state index contributed by atoms with van der Waals surface area (Å²) in [5, 5.41) is 7.67. The number of nitrogens with zero attached hydrogens (tertiary/aromatic N) is 2. The standard InChI is InChI=1S/C16H19F3N4OS/c1-20-15(22-9-11-3-5-12(24-2)6-4-11)21-8-7-14-23-13(10-25-14)16(17,18)19/h3-6,10H,7-9H2,1-2H3,(H2,20,21,22). The van der Waals surface area contributed by atoms with E-state index in [0.717, 1.165) is 28.0 Å². The van der Waals surface area contributed by atoms with Gasteiger partial charge in [-0.2, -0.15) is 13.2 Å². The summed E-state index contributed by atoms with van der Waals surface area (Å²) in [6, 6.07) is 7.61. The van der Waals surface area contributed by atoms with E-state index in [1.54, 1.807) is 14.2 Å². The van der Waals surface area contributed by atoms with Gasteiger partial charge < -0.3 is 15.4 Å². The Morgan fingerprint density at radius 3 is 2.52 bits per heavy atom. The summed E-state index contributed by atoms with van der Waals surface area (Å²) < 4.78 is 42.6. The highest BCUT2D eigenvalue weighted by molar-refractivity contribution is 7.09. The van der Waals surface area contributed by atoms with Crippen molar-refractivity contribution in [2.45, 2.75) is 19.1 Å². The summed E-state index contributed by atoms with van der Waals surface area (Å²) in [5.74, 6) is 1.36. The van der Waals surface area contributed by atoms with Crippen molar-refractivity contribution < 1.29 is 17.9 Å². The zero-order valence-corrected chi connectivity index (χ0v) is 14.7. The molecule has 0 aliphatic rings. The molecule has 0 amide bonds. The number of halogens is 3. The van der Waals surface area contributed by atoms with E-state index in [0.29, 0.717) is 30.5 Å². The molecule has 2 N–H and O–H groups in total. The first-order valence-electron chi connectivity index (χ1n) is 7.51. The largest absolute Gasteiger partial charge is 0.497 e. The number of nitrogens with one attached hydrogen (secondary N) is 2. The van der Waals surface area contributed by atoms with Crippen molar-refractivity contribution in [1.29, 1.82) is 0 Å². The van der Waals surface area contributed by atoms with Gasteiger partial charge in [0.1, 0.15) is 5.75 Å². The Kier molecular flexibility index (Phi) is 6.63. The normalized spacial score (nSPS) is 12.1. The predicted molar refractivity (Wildman–Crippen MR) is 92.0 cm³/mol. The molecule has 0 fully saturated rings. The SMILES string of the molecule is CN=C(NCCc1nc(C(F)(F)F)cs1)NCc1ccc(OC)cc1. The molecule has 0 bridgehead atoms. The lowest BCUT2D eigenvalue weighted by Crippen LogP contribution is -2.37. The molecule has 0 atom stereocenters. The summed E-state index contributed by atoms with van der Waals surface area (Å²) in [7, 11) is 3.24. The second kappa shape index (κ2) is 8.70. The summed E-state index contributed by atoms with van der Waals surface area (Å²) in [6.07, 6.45) is -4.00. The maximum atomic E-state index is 12.5. The van der Waals surface area contributed by atoms with E-state index in [9.17, 15) is 13.2 Å². The molecule has 0 saturated heterocycles. The van der Waals surface area contributed by atoms with E-state index in [2.05, 4.69) is 20.6 Å². The molecular formula is C16H19F3N4OS. The van der Waals surface area contributed by atoms with Crippen LogP contribution in [0.4, 0.5) is 13.2 Å². The quantitative estimate of drug-likeness (QED) is 0.604. The van der Waals surface area contributed by atoms with Gasteiger partial charge in [0.2, 0.25) is 0 Å². The molecule has 1 aromatic carbocycles. The van der Waals surface area contributed by atoms with Gasteiger partial charge in [-0.3, -0.25) is 4.99 Å². The molecule has 1 aromatic heterocycles. The zero-order valence-electron chi connectivity index (χ0n) is 13.9. The number of rotatable bonds is 6. The number of hydrogen-bond acceptors (Lipinski definition) is 4. The van der Waals surface area contributed by atoms with Gasteiger partial charge in [-0.15, -0.1) is 11.3 Å². The minimum Gasteiger partial charge on any atom is -0.497 e. The highest BCUT2D eigenvalue weighted by Gasteiger charge is 2.33. The van der Waals surface area contributed by atoms with Crippen LogP contribution in [-0.4, -0.2) is 31.6 Å². The summed E-state index contributed by atoms with van der Waals surface area (Å²) in [5.41, 5.74) is 0.216. The maximum Gasteiger partial charge on any atom is 0.434 e. The average molecular weight is 372 g/mol. The summed E-state index contributed by atoms with van der Waals surface area (Å²) in [4.78, 5) is 7.68. The lowest BCUT2D eigenvalue weighted by atomic mass is 10.2. The fourth-order valence-electron chi connectivity index (χ4n) is 1.99. The number of methoxy groups -OCH3 is 1. The fraction of sp³-hybridized carbons (Fsp3) is 0.375. The predicted octanol–water partition coefficient (Wildman–Crippen LogP) is 3.08. The summed E-state index contributed by atoms with van der Waals surface area (Å²) in [6.45, 7) is 1.01. The molecule has 0 spiro atoms. The smallest absolute Gasteiger partial charge is 0.434 e. The number of aromatic nitrogens is 1. The van der Waals surface area contributed by atoms with Crippen molar-refractivity contribution >= 4 is 17.3 Å². The molecule has 0 radical (unpaired) electrons. The third-order valence-electron chi connectivity index (χ3n) is 3.32. The molecule has 1 heterocycles. The van der Waals surface area contributed by atoms with Crippen LogP contribution in [-0.2, 0) is 19.1 Å². The number of guanidine groups is 1. The molecule has 5 nitrogen and oxygen atoms in total. The molecule has 25 heavy (non-hydrogen) atoms. The Labute approximate surface area is 148 Å². The third kappa shape index (κ3) is 5.93. The number of benzene rings is 1. The molecule has 2 rings (SSSR count). The first-order valence-corrected chi connectivity index (χ1v) is 8.39. The molecule has 2 aromatic rings. The first-order chi connectivity index (χ1) is 11.9. The van der Waals surface area contributed by atoms with E-state index in [-0.39, 0.29) is 0 Å².